The van der Waals surface area contributed by atoms with E-state index in [9.17, 15) is 0 Å². The molecule has 0 saturated heterocycles. The van der Waals surface area contributed by atoms with Crippen molar-refractivity contribution >= 4 is 13.3 Å². The van der Waals surface area contributed by atoms with E-state index < -0.39 is 8.07 Å². The van der Waals surface area contributed by atoms with Crippen LogP contribution in [-0.2, 0) is 6.42 Å². The highest BCUT2D eigenvalue weighted by Gasteiger charge is 2.19. The van der Waals surface area contributed by atoms with E-state index in [1.54, 1.807) is 12.3 Å². The second-order valence-corrected chi connectivity index (χ2v) is 11.0. The van der Waals surface area contributed by atoms with Crippen LogP contribution in [0.1, 0.15) is 11.1 Å². The van der Waals surface area contributed by atoms with Crippen molar-refractivity contribution in [3.05, 3.63) is 59.7 Å². The third kappa shape index (κ3) is 3.48. The summed E-state index contributed by atoms with van der Waals surface area (Å²) in [5.74, 6) is 0.919. The fourth-order valence-electron chi connectivity index (χ4n) is 2.37. The molecule has 0 fully saturated rings. The van der Waals surface area contributed by atoms with Gasteiger partial charge < -0.3 is 4.74 Å². The summed E-state index contributed by atoms with van der Waals surface area (Å²) in [6.07, 6.45) is 1.00. The Morgan fingerprint density at radius 1 is 0.895 bits per heavy atom. The molecule has 0 N–H and O–H groups in total. The number of methoxy groups -OCH3 is 1. The monoisotopic (exact) mass is 270 g/mol. The molecule has 1 nitrogen and oxygen atoms in total. The van der Waals surface area contributed by atoms with Gasteiger partial charge in [-0.1, -0.05) is 61.2 Å². The molecule has 0 bridgehead atoms. The van der Waals surface area contributed by atoms with E-state index in [0.29, 0.717) is 0 Å². The van der Waals surface area contributed by atoms with Gasteiger partial charge in [0.05, 0.1) is 15.2 Å². The quantitative estimate of drug-likeness (QED) is 0.767. The molecule has 2 heteroatoms. The smallest absolute Gasteiger partial charge is 0.118 e. The highest BCUT2D eigenvalue weighted by molar-refractivity contribution is 6.89. The number of hydrogen-bond acceptors (Lipinski definition) is 1. The number of rotatable bonds is 4. The second kappa shape index (κ2) is 5.62. The largest absolute Gasteiger partial charge is 0.497 e. The minimum Gasteiger partial charge on any atom is -0.497 e. The maximum absolute atomic E-state index is 5.20. The van der Waals surface area contributed by atoms with Gasteiger partial charge in [0, 0.05) is 0 Å². The molecule has 2 aromatic rings. The molecule has 100 valence electrons. The van der Waals surface area contributed by atoms with E-state index in [-0.39, 0.29) is 0 Å². The zero-order chi connectivity index (χ0) is 13.9. The molecule has 2 aromatic carbocycles. The molecule has 2 rings (SSSR count). The topological polar surface area (TPSA) is 9.23 Å². The minimum atomic E-state index is -1.27. The van der Waals surface area contributed by atoms with E-state index in [0.717, 1.165) is 12.2 Å². The average molecular weight is 270 g/mol. The molecule has 0 spiro atoms. The average Bonchev–Trinajstić information content (AvgIpc) is 2.39. The first-order valence-electron chi connectivity index (χ1n) is 6.72. The fourth-order valence-corrected chi connectivity index (χ4v) is 4.10. The Hall–Kier alpha value is -1.54. The summed E-state index contributed by atoms with van der Waals surface area (Å²) >= 11 is 0. The normalized spacial score (nSPS) is 11.4. The van der Waals surface area contributed by atoms with Crippen molar-refractivity contribution in [3.8, 4) is 5.75 Å². The van der Waals surface area contributed by atoms with Gasteiger partial charge in [-0.15, -0.1) is 0 Å². The molecule has 0 aliphatic rings. The van der Waals surface area contributed by atoms with Crippen molar-refractivity contribution in [2.24, 2.45) is 0 Å². The van der Waals surface area contributed by atoms with Gasteiger partial charge in [0.1, 0.15) is 5.75 Å². The van der Waals surface area contributed by atoms with E-state index in [2.05, 4.69) is 56.0 Å². The summed E-state index contributed by atoms with van der Waals surface area (Å²) in [5.41, 5.74) is 2.80. The van der Waals surface area contributed by atoms with Crippen molar-refractivity contribution in [2.75, 3.05) is 7.11 Å². The Morgan fingerprint density at radius 3 is 2.11 bits per heavy atom. The van der Waals surface area contributed by atoms with Crippen LogP contribution in [0.4, 0.5) is 0 Å². The molecule has 0 saturated carbocycles. The van der Waals surface area contributed by atoms with Crippen molar-refractivity contribution in [2.45, 2.75) is 26.1 Å². The van der Waals surface area contributed by atoms with Crippen LogP contribution < -0.4 is 9.92 Å². The van der Waals surface area contributed by atoms with Gasteiger partial charge in [-0.3, -0.25) is 0 Å². The van der Waals surface area contributed by atoms with Crippen molar-refractivity contribution < 1.29 is 4.74 Å². The SMILES string of the molecule is COc1ccc(Cc2ccccc2[Si](C)(C)C)cc1. The highest BCUT2D eigenvalue weighted by Crippen LogP contribution is 2.16. The molecular formula is C17H22OSi. The third-order valence-corrected chi connectivity index (χ3v) is 5.48. The maximum Gasteiger partial charge on any atom is 0.118 e. The van der Waals surface area contributed by atoms with Crippen LogP contribution in [-0.4, -0.2) is 15.2 Å². The fraction of sp³-hybridized carbons (Fsp3) is 0.294. The van der Waals surface area contributed by atoms with Gasteiger partial charge in [0.25, 0.3) is 0 Å². The van der Waals surface area contributed by atoms with E-state index in [1.165, 1.54) is 11.1 Å². The van der Waals surface area contributed by atoms with Crippen LogP contribution in [0.3, 0.4) is 0 Å². The first kappa shape index (κ1) is 13.9. The summed E-state index contributed by atoms with van der Waals surface area (Å²) in [4.78, 5) is 0. The lowest BCUT2D eigenvalue weighted by molar-refractivity contribution is 0.414. The zero-order valence-electron chi connectivity index (χ0n) is 12.2. The summed E-state index contributed by atoms with van der Waals surface area (Å²) in [5, 5.41) is 1.56. The minimum absolute atomic E-state index is 0.919. The first-order chi connectivity index (χ1) is 9.00. The van der Waals surface area contributed by atoms with Gasteiger partial charge >= 0.3 is 0 Å². The molecule has 0 amide bonds. The highest BCUT2D eigenvalue weighted by atomic mass is 28.3. The zero-order valence-corrected chi connectivity index (χ0v) is 13.2. The van der Waals surface area contributed by atoms with Gasteiger partial charge in [-0.2, -0.15) is 0 Å². The van der Waals surface area contributed by atoms with Crippen LogP contribution >= 0.6 is 0 Å². The van der Waals surface area contributed by atoms with E-state index in [4.69, 9.17) is 4.74 Å². The Balaban J connectivity index is 2.28. The van der Waals surface area contributed by atoms with Crippen LogP contribution in [0.15, 0.2) is 48.5 Å². The van der Waals surface area contributed by atoms with Gasteiger partial charge in [0.15, 0.2) is 0 Å². The molecule has 0 aliphatic heterocycles. The lowest BCUT2D eigenvalue weighted by Crippen LogP contribution is -2.40. The molecule has 0 aromatic heterocycles. The molecule has 0 radical (unpaired) electrons. The molecule has 0 atom stereocenters. The van der Waals surface area contributed by atoms with Crippen LogP contribution in [0.25, 0.3) is 0 Å². The van der Waals surface area contributed by atoms with Crippen LogP contribution in [0.5, 0.6) is 5.75 Å². The number of hydrogen-bond donors (Lipinski definition) is 0. The van der Waals surface area contributed by atoms with Crippen LogP contribution in [0, 0.1) is 0 Å². The molecule has 19 heavy (non-hydrogen) atoms. The summed E-state index contributed by atoms with van der Waals surface area (Å²) in [7, 11) is 0.430. The summed E-state index contributed by atoms with van der Waals surface area (Å²) in [6, 6.07) is 17.2. The molecule has 0 unspecified atom stereocenters. The third-order valence-electron chi connectivity index (χ3n) is 3.38. The second-order valence-electron chi connectivity index (χ2n) is 5.93. The summed E-state index contributed by atoms with van der Waals surface area (Å²) < 4.78 is 5.20. The Labute approximate surface area is 117 Å². The molecule has 0 heterocycles. The lowest BCUT2D eigenvalue weighted by atomic mass is 10.0. The van der Waals surface area contributed by atoms with Crippen molar-refractivity contribution in [1.29, 1.82) is 0 Å². The number of ether oxygens (including phenoxy) is 1. The predicted molar refractivity (Wildman–Crippen MR) is 85.2 cm³/mol. The van der Waals surface area contributed by atoms with E-state index >= 15 is 0 Å². The summed E-state index contributed by atoms with van der Waals surface area (Å²) in [6.45, 7) is 7.21. The standard InChI is InChI=1S/C17H22OSi/c1-18-16-11-9-14(10-12-16)13-15-7-5-6-8-17(15)19(2,3)4/h5-12H,13H2,1-4H3. The first-order valence-corrected chi connectivity index (χ1v) is 10.2. The molecule has 0 aliphatic carbocycles. The van der Waals surface area contributed by atoms with Crippen molar-refractivity contribution in [3.63, 3.8) is 0 Å². The molecular weight excluding hydrogens is 248 g/mol. The van der Waals surface area contributed by atoms with Gasteiger partial charge in [0.2, 0.25) is 0 Å². The maximum atomic E-state index is 5.20. The Kier molecular flexibility index (Phi) is 4.10. The Bertz CT molecular complexity index is 538. The lowest BCUT2D eigenvalue weighted by Gasteiger charge is -2.21. The van der Waals surface area contributed by atoms with Crippen LogP contribution in [0.2, 0.25) is 19.6 Å². The number of benzene rings is 2. The predicted octanol–water partition coefficient (Wildman–Crippen LogP) is 3.83. The van der Waals surface area contributed by atoms with Crippen molar-refractivity contribution in [1.82, 2.24) is 0 Å². The van der Waals surface area contributed by atoms with E-state index in [1.807, 2.05) is 12.1 Å². The van der Waals surface area contributed by atoms with Gasteiger partial charge in [-0.25, -0.2) is 0 Å². The van der Waals surface area contributed by atoms with Gasteiger partial charge in [-0.05, 0) is 29.7 Å². The Morgan fingerprint density at radius 2 is 1.53 bits per heavy atom.